The molecule has 1 aromatic rings. The van der Waals surface area contributed by atoms with E-state index < -0.39 is 24.1 Å². The predicted octanol–water partition coefficient (Wildman–Crippen LogP) is 0.153. The summed E-state index contributed by atoms with van der Waals surface area (Å²) in [6.07, 6.45) is 2.56. The van der Waals surface area contributed by atoms with Gasteiger partial charge >= 0.3 is 12.0 Å². The molecule has 0 radical (unpaired) electrons. The number of urea groups is 1. The number of aliphatic carboxylic acids is 1. The lowest BCUT2D eigenvalue weighted by Gasteiger charge is -2.27. The number of carbonyl (C=O) groups is 2. The van der Waals surface area contributed by atoms with Crippen LogP contribution in [0.25, 0.3) is 0 Å². The van der Waals surface area contributed by atoms with Crippen molar-refractivity contribution < 1.29 is 19.8 Å². The van der Waals surface area contributed by atoms with Crippen molar-refractivity contribution in [2.45, 2.75) is 25.1 Å². The third-order valence-electron chi connectivity index (χ3n) is 3.31. The first kappa shape index (κ1) is 14.3. The molecular weight excluding hydrogens is 262 g/mol. The average molecular weight is 279 g/mol. The zero-order valence-corrected chi connectivity index (χ0v) is 11.1. The summed E-state index contributed by atoms with van der Waals surface area (Å²) in [5, 5.41) is 18.6. The Bertz CT molecular complexity index is 494. The second-order valence-corrected chi connectivity index (χ2v) is 4.89. The average Bonchev–Trinajstić information content (AvgIpc) is 2.81. The van der Waals surface area contributed by atoms with Crippen LogP contribution in [0.3, 0.4) is 0 Å². The number of hydrogen-bond acceptors (Lipinski definition) is 4. The normalized spacial score (nSPS) is 21.8. The molecule has 20 heavy (non-hydrogen) atoms. The zero-order valence-electron chi connectivity index (χ0n) is 11.1. The summed E-state index contributed by atoms with van der Waals surface area (Å²) >= 11 is 0. The zero-order chi connectivity index (χ0) is 14.7. The number of carboxylic acids is 1. The van der Waals surface area contributed by atoms with E-state index in [0.717, 1.165) is 5.56 Å². The summed E-state index contributed by atoms with van der Waals surface area (Å²) < 4.78 is 0. The first-order valence-electron chi connectivity index (χ1n) is 6.30. The number of likely N-dealkylation sites (tertiary alicyclic amines) is 1. The fourth-order valence-electron chi connectivity index (χ4n) is 2.31. The molecule has 7 heteroatoms. The Morgan fingerprint density at radius 1 is 1.45 bits per heavy atom. The van der Waals surface area contributed by atoms with E-state index >= 15 is 0 Å². The molecule has 1 saturated heterocycles. The first-order chi connectivity index (χ1) is 9.49. The van der Waals surface area contributed by atoms with Crippen molar-refractivity contribution in [1.82, 2.24) is 14.8 Å². The first-order valence-corrected chi connectivity index (χ1v) is 6.30. The molecule has 7 nitrogen and oxygen atoms in total. The van der Waals surface area contributed by atoms with Gasteiger partial charge in [-0.25, -0.2) is 9.59 Å². The van der Waals surface area contributed by atoms with Crippen LogP contribution in [0, 0.1) is 0 Å². The van der Waals surface area contributed by atoms with Crippen molar-refractivity contribution in [3.05, 3.63) is 30.1 Å². The lowest BCUT2D eigenvalue weighted by atomic mass is 10.2. The van der Waals surface area contributed by atoms with Gasteiger partial charge in [0.15, 0.2) is 0 Å². The molecule has 0 aliphatic carbocycles. The highest BCUT2D eigenvalue weighted by Crippen LogP contribution is 2.20. The van der Waals surface area contributed by atoms with Crippen molar-refractivity contribution in [1.29, 1.82) is 0 Å². The standard InChI is InChI=1S/C13H17N3O4/c1-15(7-9-2-4-14-5-3-9)13(20)16-8-10(17)6-11(16)12(18)19/h2-5,10-11,17H,6-8H2,1H3,(H,18,19)/t10-,11+/m1/s1. The van der Waals surface area contributed by atoms with E-state index in [-0.39, 0.29) is 13.0 Å². The minimum Gasteiger partial charge on any atom is -0.480 e. The molecule has 2 heterocycles. The fourth-order valence-corrected chi connectivity index (χ4v) is 2.31. The summed E-state index contributed by atoms with van der Waals surface area (Å²) in [5.41, 5.74) is 0.905. The molecule has 108 valence electrons. The molecule has 0 unspecified atom stereocenters. The van der Waals surface area contributed by atoms with Gasteiger partial charge in [-0.1, -0.05) is 0 Å². The van der Waals surface area contributed by atoms with Crippen LogP contribution in [-0.4, -0.2) is 62.7 Å². The number of carbonyl (C=O) groups excluding carboxylic acids is 1. The Kier molecular flexibility index (Phi) is 4.19. The topological polar surface area (TPSA) is 94.0 Å². The lowest BCUT2D eigenvalue weighted by molar-refractivity contribution is -0.141. The summed E-state index contributed by atoms with van der Waals surface area (Å²) in [5.74, 6) is -1.09. The largest absolute Gasteiger partial charge is 0.480 e. The van der Waals surface area contributed by atoms with Crippen LogP contribution >= 0.6 is 0 Å². The Labute approximate surface area is 116 Å². The van der Waals surface area contributed by atoms with E-state index in [1.54, 1.807) is 31.6 Å². The molecular formula is C13H17N3O4. The van der Waals surface area contributed by atoms with Crippen LogP contribution in [0.1, 0.15) is 12.0 Å². The molecule has 2 rings (SSSR count). The van der Waals surface area contributed by atoms with Crippen molar-refractivity contribution in [3.8, 4) is 0 Å². The number of pyridine rings is 1. The summed E-state index contributed by atoms with van der Waals surface area (Å²) in [6, 6.07) is 2.22. The van der Waals surface area contributed by atoms with Crippen LogP contribution in [0.2, 0.25) is 0 Å². The van der Waals surface area contributed by atoms with Gasteiger partial charge in [0.1, 0.15) is 6.04 Å². The van der Waals surface area contributed by atoms with Gasteiger partial charge < -0.3 is 20.0 Å². The molecule has 2 amide bonds. The Morgan fingerprint density at radius 3 is 2.70 bits per heavy atom. The molecule has 1 aromatic heterocycles. The molecule has 0 aromatic carbocycles. The number of aromatic nitrogens is 1. The number of aliphatic hydroxyl groups excluding tert-OH is 1. The third-order valence-corrected chi connectivity index (χ3v) is 3.31. The van der Waals surface area contributed by atoms with E-state index in [1.165, 1.54) is 9.80 Å². The smallest absolute Gasteiger partial charge is 0.326 e. The van der Waals surface area contributed by atoms with Crippen LogP contribution < -0.4 is 0 Å². The van der Waals surface area contributed by atoms with E-state index in [2.05, 4.69) is 4.98 Å². The molecule has 0 saturated carbocycles. The van der Waals surface area contributed by atoms with Crippen LogP contribution in [0.5, 0.6) is 0 Å². The molecule has 0 bridgehead atoms. The highest BCUT2D eigenvalue weighted by atomic mass is 16.4. The minimum atomic E-state index is -1.09. The van der Waals surface area contributed by atoms with Crippen molar-refractivity contribution in [2.24, 2.45) is 0 Å². The molecule has 0 spiro atoms. The minimum absolute atomic E-state index is 0.0521. The van der Waals surface area contributed by atoms with Gasteiger partial charge in [-0.3, -0.25) is 4.98 Å². The van der Waals surface area contributed by atoms with Gasteiger partial charge in [0.2, 0.25) is 0 Å². The second kappa shape index (κ2) is 5.87. The van der Waals surface area contributed by atoms with Crippen molar-refractivity contribution in [2.75, 3.05) is 13.6 Å². The van der Waals surface area contributed by atoms with E-state index in [1.807, 2.05) is 0 Å². The number of aliphatic hydroxyl groups is 1. The quantitative estimate of drug-likeness (QED) is 0.821. The Hall–Kier alpha value is -2.15. The van der Waals surface area contributed by atoms with Gasteiger partial charge in [-0.15, -0.1) is 0 Å². The van der Waals surface area contributed by atoms with Crippen molar-refractivity contribution in [3.63, 3.8) is 0 Å². The van der Waals surface area contributed by atoms with Crippen LogP contribution in [-0.2, 0) is 11.3 Å². The molecule has 2 N–H and O–H groups in total. The summed E-state index contributed by atoms with van der Waals surface area (Å²) in [6.45, 7) is 0.413. The highest BCUT2D eigenvalue weighted by Gasteiger charge is 2.39. The number of hydrogen-bond donors (Lipinski definition) is 2. The van der Waals surface area contributed by atoms with Gasteiger partial charge in [-0.05, 0) is 17.7 Å². The number of rotatable bonds is 3. The van der Waals surface area contributed by atoms with Crippen molar-refractivity contribution >= 4 is 12.0 Å². The Morgan fingerprint density at radius 2 is 2.10 bits per heavy atom. The number of β-amino-alcohol motifs (C(OH)–C–C–N with tert-alkyl or cyclic N) is 1. The molecule has 1 fully saturated rings. The third kappa shape index (κ3) is 3.05. The van der Waals surface area contributed by atoms with E-state index in [9.17, 15) is 14.7 Å². The number of carboxylic acid groups (broad SMARTS) is 1. The van der Waals surface area contributed by atoms with Crippen LogP contribution in [0.15, 0.2) is 24.5 Å². The summed E-state index contributed by atoms with van der Waals surface area (Å²) in [4.78, 5) is 29.9. The van der Waals surface area contributed by atoms with Gasteiger partial charge in [0.05, 0.1) is 6.10 Å². The molecule has 2 atom stereocenters. The predicted molar refractivity (Wildman–Crippen MR) is 69.9 cm³/mol. The number of amides is 2. The van der Waals surface area contributed by atoms with Gasteiger partial charge in [0, 0.05) is 39.0 Å². The van der Waals surface area contributed by atoms with E-state index in [0.29, 0.717) is 6.54 Å². The Balaban J connectivity index is 2.04. The number of nitrogens with zero attached hydrogens (tertiary/aromatic N) is 3. The summed E-state index contributed by atoms with van der Waals surface area (Å²) in [7, 11) is 1.60. The maximum atomic E-state index is 12.3. The maximum Gasteiger partial charge on any atom is 0.326 e. The SMILES string of the molecule is CN(Cc1ccncc1)C(=O)N1C[C@H](O)C[C@H]1C(=O)O. The highest BCUT2D eigenvalue weighted by molar-refractivity contribution is 5.83. The lowest BCUT2D eigenvalue weighted by Crippen LogP contribution is -2.46. The van der Waals surface area contributed by atoms with E-state index in [4.69, 9.17) is 5.11 Å². The monoisotopic (exact) mass is 279 g/mol. The van der Waals surface area contributed by atoms with Crippen LogP contribution in [0.4, 0.5) is 4.79 Å². The van der Waals surface area contributed by atoms with Gasteiger partial charge in [0.25, 0.3) is 0 Å². The molecule has 1 aliphatic heterocycles. The second-order valence-electron chi connectivity index (χ2n) is 4.89. The fraction of sp³-hybridized carbons (Fsp3) is 0.462. The maximum absolute atomic E-state index is 12.3. The van der Waals surface area contributed by atoms with Gasteiger partial charge in [-0.2, -0.15) is 0 Å². The molecule has 1 aliphatic rings.